The van der Waals surface area contributed by atoms with Crippen LogP contribution in [0.1, 0.15) is 49.4 Å². The lowest BCUT2D eigenvalue weighted by atomic mass is 9.80. The van der Waals surface area contributed by atoms with Crippen LogP contribution in [0.25, 0.3) is 0 Å². The van der Waals surface area contributed by atoms with Crippen LogP contribution >= 0.6 is 0 Å². The van der Waals surface area contributed by atoms with Gasteiger partial charge in [0.05, 0.1) is 6.54 Å². The molecule has 1 saturated carbocycles. The standard InChI is InChI=1S/C27H38N4O5/c1-3-29-13-15-30(16-14-29)20-9-7-19(8-10-20)25(33)28-27(11-5-4-6-12-27)26(34)31-17-22(35-2)24-23(31)21(32)18-36-24/h7-10,22-24H,3-6,11-18H2,1-2H3,(H,28,33)/t22-,23+,24+/m0/s1. The van der Waals surface area contributed by atoms with Crippen LogP contribution in [0.15, 0.2) is 24.3 Å². The minimum Gasteiger partial charge on any atom is -0.377 e. The summed E-state index contributed by atoms with van der Waals surface area (Å²) in [6, 6.07) is 7.05. The van der Waals surface area contributed by atoms with Crippen molar-refractivity contribution in [1.82, 2.24) is 15.1 Å². The van der Waals surface area contributed by atoms with Crippen LogP contribution in [0.4, 0.5) is 5.69 Å². The molecule has 0 radical (unpaired) electrons. The monoisotopic (exact) mass is 498 g/mol. The van der Waals surface area contributed by atoms with Gasteiger partial charge < -0.3 is 29.5 Å². The number of piperazine rings is 1. The molecule has 3 atom stereocenters. The number of fused-ring (bicyclic) bond motifs is 1. The molecule has 9 heteroatoms. The number of ether oxygens (including phenoxy) is 2. The lowest BCUT2D eigenvalue weighted by molar-refractivity contribution is -0.143. The van der Waals surface area contributed by atoms with E-state index in [0.717, 1.165) is 57.7 Å². The van der Waals surface area contributed by atoms with Crippen LogP contribution in [0, 0.1) is 0 Å². The number of nitrogens with one attached hydrogen (secondary N) is 1. The highest BCUT2D eigenvalue weighted by Crippen LogP contribution is 2.36. The second-order valence-corrected chi connectivity index (χ2v) is 10.5. The third-order valence-corrected chi connectivity index (χ3v) is 8.49. The number of methoxy groups -OCH3 is 1. The molecule has 3 aliphatic heterocycles. The van der Waals surface area contributed by atoms with Crippen molar-refractivity contribution in [2.45, 2.75) is 62.8 Å². The molecule has 0 unspecified atom stereocenters. The largest absolute Gasteiger partial charge is 0.377 e. The molecule has 36 heavy (non-hydrogen) atoms. The number of nitrogens with zero attached hydrogens (tertiary/aromatic N) is 3. The van der Waals surface area contributed by atoms with Crippen molar-refractivity contribution in [3.8, 4) is 0 Å². The van der Waals surface area contributed by atoms with E-state index in [-0.39, 0.29) is 30.3 Å². The van der Waals surface area contributed by atoms with Crippen molar-refractivity contribution in [3.63, 3.8) is 0 Å². The van der Waals surface area contributed by atoms with Crippen molar-refractivity contribution in [2.75, 3.05) is 57.9 Å². The normalized spacial score (nSPS) is 28.3. The van der Waals surface area contributed by atoms with Gasteiger partial charge in [-0.3, -0.25) is 14.4 Å². The lowest BCUT2D eigenvalue weighted by Crippen LogP contribution is -2.62. The van der Waals surface area contributed by atoms with E-state index in [4.69, 9.17) is 9.47 Å². The number of carbonyl (C=O) groups is 3. The van der Waals surface area contributed by atoms with Crippen LogP contribution in [0.2, 0.25) is 0 Å². The Morgan fingerprint density at radius 1 is 1.08 bits per heavy atom. The summed E-state index contributed by atoms with van der Waals surface area (Å²) < 4.78 is 11.2. The maximum absolute atomic E-state index is 14.0. The molecule has 0 bridgehead atoms. The van der Waals surface area contributed by atoms with E-state index in [1.54, 1.807) is 12.0 Å². The molecular formula is C27H38N4O5. The minimum atomic E-state index is -1.01. The van der Waals surface area contributed by atoms with E-state index in [9.17, 15) is 14.4 Å². The third-order valence-electron chi connectivity index (χ3n) is 8.49. The molecule has 196 valence electrons. The first kappa shape index (κ1) is 25.2. The number of ketones is 1. The van der Waals surface area contributed by atoms with E-state index >= 15 is 0 Å². The van der Waals surface area contributed by atoms with Crippen LogP contribution in [-0.4, -0.2) is 104 Å². The zero-order valence-electron chi connectivity index (χ0n) is 21.4. The number of amides is 2. The van der Waals surface area contributed by atoms with Gasteiger partial charge in [0, 0.05) is 44.5 Å². The summed E-state index contributed by atoms with van der Waals surface area (Å²) in [6.45, 7) is 7.58. The van der Waals surface area contributed by atoms with E-state index in [1.807, 2.05) is 24.3 Å². The molecule has 9 nitrogen and oxygen atoms in total. The number of likely N-dealkylation sites (tertiary alicyclic amines) is 1. The minimum absolute atomic E-state index is 0.00181. The fourth-order valence-corrected chi connectivity index (χ4v) is 6.29. The number of hydrogen-bond donors (Lipinski definition) is 1. The molecule has 1 aromatic carbocycles. The Morgan fingerprint density at radius 3 is 2.42 bits per heavy atom. The summed E-state index contributed by atoms with van der Waals surface area (Å²) >= 11 is 0. The number of hydrogen-bond acceptors (Lipinski definition) is 7. The first-order chi connectivity index (χ1) is 17.5. The van der Waals surface area contributed by atoms with Gasteiger partial charge in [0.1, 0.15) is 30.4 Å². The number of anilines is 1. The van der Waals surface area contributed by atoms with Gasteiger partial charge in [-0.1, -0.05) is 26.2 Å². The van der Waals surface area contributed by atoms with Crippen molar-refractivity contribution < 1.29 is 23.9 Å². The molecule has 1 aliphatic carbocycles. The van der Waals surface area contributed by atoms with E-state index in [1.165, 1.54) is 0 Å². The summed E-state index contributed by atoms with van der Waals surface area (Å²) in [5, 5.41) is 3.12. The molecule has 1 N–H and O–H groups in total. The Kier molecular flexibility index (Phi) is 7.32. The fraction of sp³-hybridized carbons (Fsp3) is 0.667. The number of likely N-dealkylation sites (N-methyl/N-ethyl adjacent to an activating group) is 1. The quantitative estimate of drug-likeness (QED) is 0.635. The Hall–Kier alpha value is -2.49. The highest BCUT2D eigenvalue weighted by atomic mass is 16.5. The molecule has 0 spiro atoms. The van der Waals surface area contributed by atoms with Crippen molar-refractivity contribution >= 4 is 23.3 Å². The molecule has 2 amide bonds. The molecule has 3 heterocycles. The zero-order valence-corrected chi connectivity index (χ0v) is 21.4. The third kappa shape index (κ3) is 4.64. The Labute approximate surface area is 213 Å². The van der Waals surface area contributed by atoms with Crippen LogP contribution in [0.5, 0.6) is 0 Å². The van der Waals surface area contributed by atoms with Crippen LogP contribution in [0.3, 0.4) is 0 Å². The maximum Gasteiger partial charge on any atom is 0.252 e. The number of benzene rings is 1. The van der Waals surface area contributed by atoms with Gasteiger partial charge in [-0.15, -0.1) is 0 Å². The van der Waals surface area contributed by atoms with Crippen molar-refractivity contribution in [1.29, 1.82) is 0 Å². The number of rotatable bonds is 6. The van der Waals surface area contributed by atoms with Gasteiger partial charge in [-0.25, -0.2) is 0 Å². The second-order valence-electron chi connectivity index (χ2n) is 10.5. The maximum atomic E-state index is 14.0. The summed E-state index contributed by atoms with van der Waals surface area (Å²) in [6.07, 6.45) is 3.10. The Morgan fingerprint density at radius 2 is 1.78 bits per heavy atom. The number of carbonyl (C=O) groups excluding carboxylic acids is 3. The van der Waals surface area contributed by atoms with Gasteiger partial charge >= 0.3 is 0 Å². The van der Waals surface area contributed by atoms with Crippen LogP contribution < -0.4 is 10.2 Å². The van der Waals surface area contributed by atoms with Gasteiger partial charge in [0.2, 0.25) is 5.91 Å². The van der Waals surface area contributed by atoms with E-state index in [2.05, 4.69) is 22.0 Å². The Balaban J connectivity index is 1.31. The van der Waals surface area contributed by atoms with Crippen LogP contribution in [-0.2, 0) is 19.1 Å². The molecule has 5 rings (SSSR count). The zero-order chi connectivity index (χ0) is 25.3. The predicted molar refractivity (Wildman–Crippen MR) is 135 cm³/mol. The first-order valence-corrected chi connectivity index (χ1v) is 13.3. The molecule has 0 aromatic heterocycles. The summed E-state index contributed by atoms with van der Waals surface area (Å²) in [4.78, 5) is 46.4. The fourth-order valence-electron chi connectivity index (χ4n) is 6.29. The number of Topliss-reactive ketones (excluding diaryl/α,β-unsaturated/α-hetero) is 1. The summed E-state index contributed by atoms with van der Waals surface area (Å²) in [7, 11) is 1.58. The van der Waals surface area contributed by atoms with Gasteiger partial charge in [-0.05, 0) is 43.7 Å². The Bertz CT molecular complexity index is 969. The van der Waals surface area contributed by atoms with Gasteiger partial charge in [0.25, 0.3) is 5.91 Å². The van der Waals surface area contributed by atoms with Gasteiger partial charge in [0.15, 0.2) is 5.78 Å². The molecule has 1 aromatic rings. The molecule has 4 aliphatic rings. The second kappa shape index (κ2) is 10.5. The average molecular weight is 499 g/mol. The first-order valence-electron chi connectivity index (χ1n) is 13.3. The summed E-state index contributed by atoms with van der Waals surface area (Å²) in [5.41, 5.74) is 0.637. The smallest absolute Gasteiger partial charge is 0.252 e. The SMILES string of the molecule is CCN1CCN(c2ccc(C(=O)NC3(C(=O)N4C[C@H](OC)[C@H]5OCC(=O)[C@H]54)CCCCC3)cc2)CC1. The topological polar surface area (TPSA) is 91.4 Å². The molecule has 4 fully saturated rings. The average Bonchev–Trinajstić information content (AvgIpc) is 3.49. The van der Waals surface area contributed by atoms with Crippen molar-refractivity contribution in [2.24, 2.45) is 0 Å². The highest BCUT2D eigenvalue weighted by molar-refractivity contribution is 6.01. The molecule has 3 saturated heterocycles. The van der Waals surface area contributed by atoms with E-state index in [0.29, 0.717) is 24.9 Å². The highest BCUT2D eigenvalue weighted by Gasteiger charge is 2.56. The van der Waals surface area contributed by atoms with Gasteiger partial charge in [-0.2, -0.15) is 0 Å². The summed E-state index contributed by atoms with van der Waals surface area (Å²) in [5.74, 6) is -0.532. The molecular weight excluding hydrogens is 460 g/mol. The predicted octanol–water partition coefficient (Wildman–Crippen LogP) is 1.45. The van der Waals surface area contributed by atoms with E-state index < -0.39 is 17.7 Å². The van der Waals surface area contributed by atoms with Crippen molar-refractivity contribution in [3.05, 3.63) is 29.8 Å². The lowest BCUT2D eigenvalue weighted by Gasteiger charge is -2.40.